The van der Waals surface area contributed by atoms with Gasteiger partial charge in [0, 0.05) is 0 Å². The van der Waals surface area contributed by atoms with E-state index in [0.717, 1.165) is 16.7 Å². The van der Waals surface area contributed by atoms with Crippen molar-refractivity contribution >= 4 is 20.1 Å². The van der Waals surface area contributed by atoms with Gasteiger partial charge in [0.25, 0.3) is 10.1 Å². The highest BCUT2D eigenvalue weighted by Crippen LogP contribution is 2.24. The third-order valence-corrected chi connectivity index (χ3v) is 9.03. The molecule has 1 fully saturated rings. The van der Waals surface area contributed by atoms with Crippen LogP contribution in [-0.2, 0) is 40.4 Å². The van der Waals surface area contributed by atoms with E-state index in [2.05, 4.69) is 4.72 Å². The van der Waals surface area contributed by atoms with Crippen LogP contribution in [-0.4, -0.2) is 59.5 Å². The third kappa shape index (κ3) is 7.06. The molecule has 2 N–H and O–H groups in total. The Labute approximate surface area is 223 Å². The highest BCUT2D eigenvalue weighted by atomic mass is 32.2. The molecule has 0 radical (unpaired) electrons. The summed E-state index contributed by atoms with van der Waals surface area (Å²) in [5.41, 5.74) is 2.63. The van der Waals surface area contributed by atoms with Gasteiger partial charge in [-0.1, -0.05) is 65.7 Å². The summed E-state index contributed by atoms with van der Waals surface area (Å²) < 4.78 is 70.8. The van der Waals surface area contributed by atoms with Crippen LogP contribution in [0, 0.1) is 13.8 Å². The lowest BCUT2D eigenvalue weighted by atomic mass is 9.99. The summed E-state index contributed by atoms with van der Waals surface area (Å²) >= 11 is 0. The molecule has 4 atom stereocenters. The molecule has 0 aromatic heterocycles. The van der Waals surface area contributed by atoms with Crippen molar-refractivity contribution < 1.29 is 35.6 Å². The van der Waals surface area contributed by atoms with E-state index in [4.69, 9.17) is 13.7 Å². The molecule has 1 aliphatic rings. The van der Waals surface area contributed by atoms with Crippen LogP contribution in [0.25, 0.3) is 0 Å². The van der Waals surface area contributed by atoms with Crippen molar-refractivity contribution in [3.05, 3.63) is 95.6 Å². The van der Waals surface area contributed by atoms with Gasteiger partial charge in [0.2, 0.25) is 10.0 Å². The first-order valence-electron chi connectivity index (χ1n) is 12.1. The Morgan fingerprint density at radius 3 is 2.05 bits per heavy atom. The van der Waals surface area contributed by atoms with Crippen LogP contribution in [0.5, 0.6) is 0 Å². The zero-order chi connectivity index (χ0) is 27.3. The highest BCUT2D eigenvalue weighted by Gasteiger charge is 2.43. The summed E-state index contributed by atoms with van der Waals surface area (Å²) in [6.45, 7) is 3.15. The molecule has 0 unspecified atom stereocenters. The molecule has 0 saturated carbocycles. The van der Waals surface area contributed by atoms with Crippen LogP contribution in [0.1, 0.15) is 16.7 Å². The van der Waals surface area contributed by atoms with Gasteiger partial charge in [-0.15, -0.1) is 0 Å². The second-order valence-corrected chi connectivity index (χ2v) is 12.5. The minimum absolute atomic E-state index is 0.0194. The smallest absolute Gasteiger partial charge is 0.297 e. The first-order chi connectivity index (χ1) is 18.0. The first kappa shape index (κ1) is 28.4. The summed E-state index contributed by atoms with van der Waals surface area (Å²) in [5, 5.41) is 11.1. The van der Waals surface area contributed by atoms with E-state index in [-0.39, 0.29) is 23.0 Å². The minimum Gasteiger partial charge on any atom is -0.388 e. The molecule has 11 heteroatoms. The highest BCUT2D eigenvalue weighted by molar-refractivity contribution is 7.89. The number of nitrogens with one attached hydrogen (secondary N) is 1. The zero-order valence-corrected chi connectivity index (χ0v) is 22.7. The Morgan fingerprint density at radius 1 is 0.868 bits per heavy atom. The molecule has 0 bridgehead atoms. The number of hydrogen-bond acceptors (Lipinski definition) is 8. The van der Waals surface area contributed by atoms with Crippen LogP contribution >= 0.6 is 0 Å². The second-order valence-electron chi connectivity index (χ2n) is 9.22. The number of hydrogen-bond donors (Lipinski definition) is 2. The Morgan fingerprint density at radius 2 is 1.45 bits per heavy atom. The van der Waals surface area contributed by atoms with Gasteiger partial charge in [-0.25, -0.2) is 13.1 Å². The fourth-order valence-electron chi connectivity index (χ4n) is 4.01. The number of ether oxygens (including phenoxy) is 2. The summed E-state index contributed by atoms with van der Waals surface area (Å²) in [6.07, 6.45) is -3.50. The largest absolute Gasteiger partial charge is 0.388 e. The van der Waals surface area contributed by atoms with Gasteiger partial charge >= 0.3 is 0 Å². The van der Waals surface area contributed by atoms with Crippen molar-refractivity contribution in [1.29, 1.82) is 0 Å². The summed E-state index contributed by atoms with van der Waals surface area (Å²) in [7, 11) is -8.05. The minimum atomic E-state index is -4.10. The van der Waals surface area contributed by atoms with E-state index < -0.39 is 51.1 Å². The maximum Gasteiger partial charge on any atom is 0.297 e. The molecule has 0 spiro atoms. The molecule has 1 saturated heterocycles. The molecule has 3 aromatic rings. The molecule has 204 valence electrons. The van der Waals surface area contributed by atoms with E-state index in [1.165, 1.54) is 24.3 Å². The standard InChI is InChI=1S/C27H31NO8S2/c1-19-8-12-22(13-9-19)37(30,31)28-24-17-34-25(18-36-38(32,33)23-14-10-20(2)11-15-23)26(29)27(24)35-16-21-6-4-3-5-7-21/h3-15,24-29H,16-18H2,1-2H3/t24-,25-,26-,27-/m1/s1. The van der Waals surface area contributed by atoms with Gasteiger partial charge in [0.1, 0.15) is 18.3 Å². The molecule has 1 heterocycles. The van der Waals surface area contributed by atoms with E-state index >= 15 is 0 Å². The number of sulfonamides is 1. The molecule has 4 rings (SSSR count). The zero-order valence-electron chi connectivity index (χ0n) is 21.1. The van der Waals surface area contributed by atoms with E-state index in [1.807, 2.05) is 44.2 Å². The molecule has 0 amide bonds. The number of benzene rings is 3. The number of aryl methyl sites for hydroxylation is 2. The topological polar surface area (TPSA) is 128 Å². The third-order valence-electron chi connectivity index (χ3n) is 6.22. The molecule has 38 heavy (non-hydrogen) atoms. The number of aliphatic hydroxyl groups is 1. The van der Waals surface area contributed by atoms with Crippen molar-refractivity contribution in [2.75, 3.05) is 13.2 Å². The van der Waals surface area contributed by atoms with Crippen LogP contribution in [0.4, 0.5) is 0 Å². The van der Waals surface area contributed by atoms with Gasteiger partial charge in [0.05, 0.1) is 35.7 Å². The summed E-state index contributed by atoms with van der Waals surface area (Å²) in [4.78, 5) is 0.0445. The maximum absolute atomic E-state index is 13.0. The van der Waals surface area contributed by atoms with Crippen molar-refractivity contribution in [1.82, 2.24) is 4.72 Å². The molecular formula is C27H31NO8S2. The molecule has 1 aliphatic heterocycles. The molecule has 9 nitrogen and oxygen atoms in total. The van der Waals surface area contributed by atoms with E-state index in [1.54, 1.807) is 24.3 Å². The van der Waals surface area contributed by atoms with Crippen molar-refractivity contribution in [3.63, 3.8) is 0 Å². The quantitative estimate of drug-likeness (QED) is 0.362. The van der Waals surface area contributed by atoms with Crippen LogP contribution in [0.3, 0.4) is 0 Å². The van der Waals surface area contributed by atoms with Crippen molar-refractivity contribution in [3.8, 4) is 0 Å². The van der Waals surface area contributed by atoms with Gasteiger partial charge < -0.3 is 14.6 Å². The Hall–Kier alpha value is -2.64. The molecule has 3 aromatic carbocycles. The number of aliphatic hydroxyl groups excluding tert-OH is 1. The summed E-state index contributed by atoms with van der Waals surface area (Å²) in [5.74, 6) is 0. The fraction of sp³-hybridized carbons (Fsp3) is 0.333. The van der Waals surface area contributed by atoms with E-state index in [9.17, 15) is 21.9 Å². The Bertz CT molecular complexity index is 1410. The molecular weight excluding hydrogens is 530 g/mol. The van der Waals surface area contributed by atoms with Gasteiger partial charge in [-0.2, -0.15) is 8.42 Å². The average molecular weight is 562 g/mol. The van der Waals surface area contributed by atoms with Crippen molar-refractivity contribution in [2.24, 2.45) is 0 Å². The van der Waals surface area contributed by atoms with Crippen molar-refractivity contribution in [2.45, 2.75) is 54.6 Å². The van der Waals surface area contributed by atoms with E-state index in [0.29, 0.717) is 0 Å². The maximum atomic E-state index is 13.0. The normalized spacial score (nSPS) is 22.3. The van der Waals surface area contributed by atoms with Gasteiger partial charge in [-0.3, -0.25) is 4.18 Å². The predicted octanol–water partition coefficient (Wildman–Crippen LogP) is 2.70. The Balaban J connectivity index is 1.50. The lowest BCUT2D eigenvalue weighted by Gasteiger charge is -2.40. The molecule has 0 aliphatic carbocycles. The fourth-order valence-corrected chi connectivity index (χ4v) is 6.16. The number of rotatable bonds is 10. The SMILES string of the molecule is Cc1ccc(S(=O)(=O)N[C@@H]2CO[C@H](COS(=O)(=O)c3ccc(C)cc3)[C@@H](O)[C@@H]2OCc2ccccc2)cc1. The predicted molar refractivity (Wildman–Crippen MR) is 140 cm³/mol. The lowest BCUT2D eigenvalue weighted by Crippen LogP contribution is -2.61. The van der Waals surface area contributed by atoms with Crippen LogP contribution < -0.4 is 4.72 Å². The summed E-state index contributed by atoms with van der Waals surface area (Å²) in [6, 6.07) is 20.8. The van der Waals surface area contributed by atoms with Crippen LogP contribution in [0.2, 0.25) is 0 Å². The van der Waals surface area contributed by atoms with Gasteiger partial charge in [-0.05, 0) is 43.7 Å². The first-order valence-corrected chi connectivity index (χ1v) is 14.9. The van der Waals surface area contributed by atoms with Gasteiger partial charge in [0.15, 0.2) is 0 Å². The lowest BCUT2D eigenvalue weighted by molar-refractivity contribution is -0.176. The second kappa shape index (κ2) is 12.0. The van der Waals surface area contributed by atoms with Crippen LogP contribution in [0.15, 0.2) is 88.7 Å². The Kier molecular flexibility index (Phi) is 8.99. The monoisotopic (exact) mass is 561 g/mol. The average Bonchev–Trinajstić information content (AvgIpc) is 2.89.